The van der Waals surface area contributed by atoms with Gasteiger partial charge >= 0.3 is 0 Å². The zero-order chi connectivity index (χ0) is 10.8. The predicted molar refractivity (Wildman–Crippen MR) is 56.5 cm³/mol. The van der Waals surface area contributed by atoms with E-state index in [1.165, 1.54) is 0 Å². The highest BCUT2D eigenvalue weighted by atomic mass is 16.1. The molecule has 0 aliphatic heterocycles. The SMILES string of the molecule is CCCC(C)C(=O)NCCCCC#N. The highest BCUT2D eigenvalue weighted by molar-refractivity contribution is 5.78. The summed E-state index contributed by atoms with van der Waals surface area (Å²) in [5, 5.41) is 11.2. The molecule has 0 spiro atoms. The van der Waals surface area contributed by atoms with Crippen LogP contribution in [0, 0.1) is 17.2 Å². The summed E-state index contributed by atoms with van der Waals surface area (Å²) >= 11 is 0. The molecule has 80 valence electrons. The Morgan fingerprint density at radius 1 is 1.50 bits per heavy atom. The summed E-state index contributed by atoms with van der Waals surface area (Å²) in [5.74, 6) is 0.264. The van der Waals surface area contributed by atoms with Crippen LogP contribution in [0.1, 0.15) is 46.0 Å². The van der Waals surface area contributed by atoms with Gasteiger partial charge in [0.25, 0.3) is 0 Å². The van der Waals surface area contributed by atoms with Crippen LogP contribution < -0.4 is 5.32 Å². The van der Waals surface area contributed by atoms with Crippen LogP contribution in [0.3, 0.4) is 0 Å². The molecular weight excluding hydrogens is 176 g/mol. The van der Waals surface area contributed by atoms with Gasteiger partial charge in [-0.05, 0) is 19.3 Å². The van der Waals surface area contributed by atoms with Crippen molar-refractivity contribution in [1.29, 1.82) is 5.26 Å². The molecule has 0 aliphatic rings. The Kier molecular flexibility index (Phi) is 7.92. The van der Waals surface area contributed by atoms with E-state index in [0.717, 1.165) is 25.7 Å². The molecule has 0 aliphatic carbocycles. The summed E-state index contributed by atoms with van der Waals surface area (Å²) in [5.41, 5.74) is 0. The van der Waals surface area contributed by atoms with Gasteiger partial charge in [0.2, 0.25) is 5.91 Å². The number of nitrogens with one attached hydrogen (secondary N) is 1. The summed E-state index contributed by atoms with van der Waals surface area (Å²) in [6.45, 7) is 4.74. The van der Waals surface area contributed by atoms with Crippen LogP contribution in [0.15, 0.2) is 0 Å². The molecule has 0 aromatic carbocycles. The molecule has 3 heteroatoms. The number of carbonyl (C=O) groups excluding carboxylic acids is 1. The van der Waals surface area contributed by atoms with Crippen molar-refractivity contribution in [3.63, 3.8) is 0 Å². The average Bonchev–Trinajstić information content (AvgIpc) is 2.17. The van der Waals surface area contributed by atoms with Crippen LogP contribution >= 0.6 is 0 Å². The van der Waals surface area contributed by atoms with Crippen LogP contribution in [0.25, 0.3) is 0 Å². The number of amides is 1. The van der Waals surface area contributed by atoms with E-state index in [1.54, 1.807) is 0 Å². The molecule has 1 N–H and O–H groups in total. The molecule has 0 aromatic heterocycles. The number of unbranched alkanes of at least 4 members (excludes halogenated alkanes) is 2. The topological polar surface area (TPSA) is 52.9 Å². The first-order valence-corrected chi connectivity index (χ1v) is 5.37. The van der Waals surface area contributed by atoms with Gasteiger partial charge in [-0.2, -0.15) is 5.26 Å². The molecule has 1 amide bonds. The van der Waals surface area contributed by atoms with E-state index in [0.29, 0.717) is 13.0 Å². The normalized spacial score (nSPS) is 11.8. The minimum absolute atomic E-state index is 0.121. The smallest absolute Gasteiger partial charge is 0.222 e. The van der Waals surface area contributed by atoms with Crippen LogP contribution in [0.5, 0.6) is 0 Å². The van der Waals surface area contributed by atoms with Crippen molar-refractivity contribution in [2.75, 3.05) is 6.54 Å². The second kappa shape index (κ2) is 8.55. The number of hydrogen-bond donors (Lipinski definition) is 1. The van der Waals surface area contributed by atoms with Crippen molar-refractivity contribution >= 4 is 5.91 Å². The Bertz CT molecular complexity index is 196. The summed E-state index contributed by atoms with van der Waals surface area (Å²) in [6, 6.07) is 2.09. The molecule has 1 atom stereocenters. The maximum atomic E-state index is 11.4. The van der Waals surface area contributed by atoms with Crippen molar-refractivity contribution in [3.05, 3.63) is 0 Å². The number of nitrogens with zero attached hydrogens (tertiary/aromatic N) is 1. The van der Waals surface area contributed by atoms with E-state index < -0.39 is 0 Å². The standard InChI is InChI=1S/C11H20N2O/c1-3-7-10(2)11(14)13-9-6-4-5-8-12/h10H,3-7,9H2,1-2H3,(H,13,14). The van der Waals surface area contributed by atoms with Gasteiger partial charge < -0.3 is 5.32 Å². The van der Waals surface area contributed by atoms with E-state index in [9.17, 15) is 4.79 Å². The van der Waals surface area contributed by atoms with Gasteiger partial charge in [0, 0.05) is 18.9 Å². The first-order valence-electron chi connectivity index (χ1n) is 5.37. The highest BCUT2D eigenvalue weighted by Crippen LogP contribution is 2.04. The van der Waals surface area contributed by atoms with Crippen molar-refractivity contribution in [2.24, 2.45) is 5.92 Å². The average molecular weight is 196 g/mol. The monoisotopic (exact) mass is 196 g/mol. The molecule has 0 rings (SSSR count). The zero-order valence-corrected chi connectivity index (χ0v) is 9.18. The second-order valence-corrected chi connectivity index (χ2v) is 3.60. The van der Waals surface area contributed by atoms with Gasteiger partial charge in [0.1, 0.15) is 0 Å². The Balaban J connectivity index is 3.40. The minimum atomic E-state index is 0.121. The second-order valence-electron chi connectivity index (χ2n) is 3.60. The summed E-state index contributed by atoms with van der Waals surface area (Å²) in [6.07, 6.45) is 4.35. The quantitative estimate of drug-likeness (QED) is 0.635. The molecule has 1 unspecified atom stereocenters. The van der Waals surface area contributed by atoms with Gasteiger partial charge in [-0.1, -0.05) is 20.3 Å². The molecule has 0 saturated carbocycles. The molecule has 0 aromatic rings. The van der Waals surface area contributed by atoms with E-state index >= 15 is 0 Å². The highest BCUT2D eigenvalue weighted by Gasteiger charge is 2.09. The molecule has 0 saturated heterocycles. The number of hydrogen-bond acceptors (Lipinski definition) is 2. The van der Waals surface area contributed by atoms with Crippen molar-refractivity contribution in [3.8, 4) is 6.07 Å². The molecular formula is C11H20N2O. The number of nitriles is 1. The Hall–Kier alpha value is -1.04. The Morgan fingerprint density at radius 2 is 2.21 bits per heavy atom. The van der Waals surface area contributed by atoms with Crippen LogP contribution in [0.2, 0.25) is 0 Å². The lowest BCUT2D eigenvalue weighted by atomic mass is 10.1. The molecule has 0 heterocycles. The van der Waals surface area contributed by atoms with Gasteiger partial charge in [-0.25, -0.2) is 0 Å². The third-order valence-electron chi connectivity index (χ3n) is 2.18. The largest absolute Gasteiger partial charge is 0.356 e. The van der Waals surface area contributed by atoms with E-state index in [4.69, 9.17) is 5.26 Å². The van der Waals surface area contributed by atoms with Crippen LogP contribution in [-0.2, 0) is 4.79 Å². The summed E-state index contributed by atoms with van der Waals surface area (Å²) in [7, 11) is 0. The zero-order valence-electron chi connectivity index (χ0n) is 9.18. The van der Waals surface area contributed by atoms with E-state index in [-0.39, 0.29) is 11.8 Å². The molecule has 14 heavy (non-hydrogen) atoms. The fourth-order valence-electron chi connectivity index (χ4n) is 1.28. The number of rotatable bonds is 7. The minimum Gasteiger partial charge on any atom is -0.356 e. The fraction of sp³-hybridized carbons (Fsp3) is 0.818. The third kappa shape index (κ3) is 6.47. The lowest BCUT2D eigenvalue weighted by molar-refractivity contribution is -0.124. The van der Waals surface area contributed by atoms with Gasteiger partial charge in [-0.3, -0.25) is 4.79 Å². The Morgan fingerprint density at radius 3 is 2.79 bits per heavy atom. The van der Waals surface area contributed by atoms with Crippen LogP contribution in [0.4, 0.5) is 0 Å². The van der Waals surface area contributed by atoms with E-state index in [1.807, 2.05) is 6.92 Å². The van der Waals surface area contributed by atoms with E-state index in [2.05, 4.69) is 18.3 Å². The van der Waals surface area contributed by atoms with Gasteiger partial charge in [0.05, 0.1) is 6.07 Å². The Labute approximate surface area is 86.5 Å². The van der Waals surface area contributed by atoms with Gasteiger partial charge in [0.15, 0.2) is 0 Å². The maximum absolute atomic E-state index is 11.4. The molecule has 0 radical (unpaired) electrons. The lowest BCUT2D eigenvalue weighted by Gasteiger charge is -2.10. The third-order valence-corrected chi connectivity index (χ3v) is 2.18. The summed E-state index contributed by atoms with van der Waals surface area (Å²) in [4.78, 5) is 11.4. The molecule has 0 bridgehead atoms. The maximum Gasteiger partial charge on any atom is 0.222 e. The lowest BCUT2D eigenvalue weighted by Crippen LogP contribution is -2.29. The van der Waals surface area contributed by atoms with Crippen molar-refractivity contribution in [1.82, 2.24) is 5.32 Å². The number of carbonyl (C=O) groups is 1. The predicted octanol–water partition coefficient (Wildman–Crippen LogP) is 2.23. The van der Waals surface area contributed by atoms with Crippen molar-refractivity contribution < 1.29 is 4.79 Å². The van der Waals surface area contributed by atoms with Gasteiger partial charge in [-0.15, -0.1) is 0 Å². The molecule has 0 fully saturated rings. The van der Waals surface area contributed by atoms with Crippen LogP contribution in [-0.4, -0.2) is 12.5 Å². The molecule has 3 nitrogen and oxygen atoms in total. The summed E-state index contributed by atoms with van der Waals surface area (Å²) < 4.78 is 0. The fourth-order valence-corrected chi connectivity index (χ4v) is 1.28. The van der Waals surface area contributed by atoms with Crippen molar-refractivity contribution in [2.45, 2.75) is 46.0 Å². The first kappa shape index (κ1) is 13.0. The first-order chi connectivity index (χ1) is 6.72.